The van der Waals surface area contributed by atoms with Gasteiger partial charge in [-0.3, -0.25) is 0 Å². The number of esters is 1. The fourth-order valence-corrected chi connectivity index (χ4v) is 1.26. The van der Waals surface area contributed by atoms with Gasteiger partial charge in [0.1, 0.15) is 11.3 Å². The van der Waals surface area contributed by atoms with Crippen LogP contribution < -0.4 is 0 Å². The fraction of sp³-hybridized carbons (Fsp3) is 0.200. The van der Waals surface area contributed by atoms with E-state index in [1.807, 2.05) is 0 Å². The van der Waals surface area contributed by atoms with Crippen LogP contribution in [0, 0.1) is 5.82 Å². The van der Waals surface area contributed by atoms with E-state index in [1.165, 1.54) is 18.2 Å². The van der Waals surface area contributed by atoms with Crippen molar-refractivity contribution in [3.8, 4) is 0 Å². The fourth-order valence-electron chi connectivity index (χ4n) is 1.26. The van der Waals surface area contributed by atoms with E-state index in [0.717, 1.165) is 0 Å². The van der Waals surface area contributed by atoms with Crippen LogP contribution in [0.1, 0.15) is 17.5 Å². The van der Waals surface area contributed by atoms with Crippen LogP contribution in [-0.2, 0) is 4.74 Å². The molecule has 0 aliphatic carbocycles. The van der Waals surface area contributed by atoms with Gasteiger partial charge in [0.15, 0.2) is 0 Å². The van der Waals surface area contributed by atoms with Crippen LogP contribution in [0.25, 0.3) is 10.9 Å². The summed E-state index contributed by atoms with van der Waals surface area (Å²) in [6, 6.07) is 3.88. The summed E-state index contributed by atoms with van der Waals surface area (Å²) in [6.45, 7) is 1.91. The lowest BCUT2D eigenvalue weighted by Crippen LogP contribution is -2.03. The first kappa shape index (κ1) is 9.64. The second-order valence-electron chi connectivity index (χ2n) is 2.89. The predicted molar refractivity (Wildman–Crippen MR) is 49.9 cm³/mol. The zero-order valence-corrected chi connectivity index (χ0v) is 7.99. The Balaban J connectivity index is 2.52. The van der Waals surface area contributed by atoms with E-state index in [2.05, 4.69) is 5.16 Å². The molecular formula is C10H8FNO3. The Morgan fingerprint density at radius 1 is 1.60 bits per heavy atom. The van der Waals surface area contributed by atoms with Crippen LogP contribution in [0.4, 0.5) is 4.39 Å². The molecule has 0 aliphatic rings. The van der Waals surface area contributed by atoms with Crippen LogP contribution in [0.5, 0.6) is 0 Å². The van der Waals surface area contributed by atoms with Crippen molar-refractivity contribution in [2.75, 3.05) is 6.61 Å². The topological polar surface area (TPSA) is 52.3 Å². The third-order valence-corrected chi connectivity index (χ3v) is 1.90. The molecule has 15 heavy (non-hydrogen) atoms. The molecule has 0 saturated carbocycles. The van der Waals surface area contributed by atoms with Gasteiger partial charge in [-0.2, -0.15) is 0 Å². The van der Waals surface area contributed by atoms with Gasteiger partial charge in [-0.15, -0.1) is 0 Å². The lowest BCUT2D eigenvalue weighted by atomic mass is 10.2. The minimum atomic E-state index is -0.634. The highest BCUT2D eigenvalue weighted by Crippen LogP contribution is 2.19. The first-order chi connectivity index (χ1) is 7.22. The first-order valence-corrected chi connectivity index (χ1v) is 4.44. The van der Waals surface area contributed by atoms with Gasteiger partial charge in [0.2, 0.25) is 0 Å². The van der Waals surface area contributed by atoms with Crippen molar-refractivity contribution in [2.24, 2.45) is 0 Å². The van der Waals surface area contributed by atoms with Crippen LogP contribution in [-0.4, -0.2) is 17.7 Å². The van der Waals surface area contributed by atoms with E-state index in [0.29, 0.717) is 10.9 Å². The predicted octanol–water partition coefficient (Wildman–Crippen LogP) is 2.14. The van der Waals surface area contributed by atoms with Gasteiger partial charge in [-0.05, 0) is 25.1 Å². The van der Waals surface area contributed by atoms with Crippen LogP contribution in [0.3, 0.4) is 0 Å². The molecular weight excluding hydrogens is 201 g/mol. The molecule has 0 N–H and O–H groups in total. The summed E-state index contributed by atoms with van der Waals surface area (Å²) < 4.78 is 22.5. The number of nitrogens with zero attached hydrogens (tertiary/aromatic N) is 1. The quantitative estimate of drug-likeness (QED) is 0.711. The molecule has 0 saturated heterocycles. The van der Waals surface area contributed by atoms with E-state index >= 15 is 0 Å². The van der Waals surface area contributed by atoms with Crippen molar-refractivity contribution < 1.29 is 18.4 Å². The summed E-state index contributed by atoms with van der Waals surface area (Å²) in [5.74, 6) is -1.15. The number of benzene rings is 1. The van der Waals surface area contributed by atoms with Crippen molar-refractivity contribution in [1.82, 2.24) is 5.16 Å². The van der Waals surface area contributed by atoms with Crippen molar-refractivity contribution in [3.05, 3.63) is 29.8 Å². The third kappa shape index (κ3) is 1.68. The highest BCUT2D eigenvalue weighted by atomic mass is 19.1. The molecule has 78 valence electrons. The van der Waals surface area contributed by atoms with Crippen molar-refractivity contribution in [3.63, 3.8) is 0 Å². The number of carbonyl (C=O) groups excluding carboxylic acids is 1. The molecule has 0 unspecified atom stereocenters. The number of aromatic nitrogens is 1. The van der Waals surface area contributed by atoms with Crippen LogP contribution >= 0.6 is 0 Å². The highest BCUT2D eigenvalue weighted by molar-refractivity contribution is 6.00. The van der Waals surface area contributed by atoms with E-state index in [1.54, 1.807) is 6.92 Å². The second kappa shape index (κ2) is 3.68. The minimum absolute atomic E-state index is 0.0636. The maximum Gasteiger partial charge on any atom is 0.377 e. The van der Waals surface area contributed by atoms with E-state index in [4.69, 9.17) is 9.26 Å². The Hall–Kier alpha value is -1.91. The number of fused-ring (bicyclic) bond motifs is 1. The van der Waals surface area contributed by atoms with Crippen molar-refractivity contribution >= 4 is 16.9 Å². The average Bonchev–Trinajstić information content (AvgIpc) is 2.60. The molecule has 1 heterocycles. The Bertz CT molecular complexity index is 506. The molecule has 0 atom stereocenters. The van der Waals surface area contributed by atoms with Gasteiger partial charge in [-0.25, -0.2) is 9.18 Å². The molecule has 0 aliphatic heterocycles. The number of hydrogen-bond acceptors (Lipinski definition) is 4. The molecule has 0 bridgehead atoms. The first-order valence-electron chi connectivity index (χ1n) is 4.44. The Labute approximate surface area is 84.6 Å². The number of carbonyl (C=O) groups is 1. The SMILES string of the molecule is CCOC(=O)c1onc2ccc(F)cc12. The molecule has 1 aromatic carbocycles. The maximum absolute atomic E-state index is 12.9. The molecule has 0 amide bonds. The zero-order valence-electron chi connectivity index (χ0n) is 7.99. The van der Waals surface area contributed by atoms with Gasteiger partial charge >= 0.3 is 5.97 Å². The lowest BCUT2D eigenvalue weighted by molar-refractivity contribution is 0.0483. The Kier molecular flexibility index (Phi) is 2.37. The summed E-state index contributed by atoms with van der Waals surface area (Å²) in [5, 5.41) is 3.95. The molecule has 0 spiro atoms. The number of rotatable bonds is 2. The maximum atomic E-state index is 12.9. The molecule has 2 rings (SSSR count). The van der Waals surface area contributed by atoms with Gasteiger partial charge < -0.3 is 9.26 Å². The van der Waals surface area contributed by atoms with Gasteiger partial charge in [0, 0.05) is 0 Å². The summed E-state index contributed by atoms with van der Waals surface area (Å²) in [4.78, 5) is 11.4. The smallest absolute Gasteiger partial charge is 0.377 e. The van der Waals surface area contributed by atoms with Crippen LogP contribution in [0.2, 0.25) is 0 Å². The molecule has 4 nitrogen and oxygen atoms in total. The lowest BCUT2D eigenvalue weighted by Gasteiger charge is -1.96. The number of hydrogen-bond donors (Lipinski definition) is 0. The summed E-state index contributed by atoms with van der Waals surface area (Å²) in [7, 11) is 0. The van der Waals surface area contributed by atoms with Gasteiger partial charge in [0.25, 0.3) is 5.76 Å². The minimum Gasteiger partial charge on any atom is -0.460 e. The normalized spacial score (nSPS) is 10.5. The van der Waals surface area contributed by atoms with Gasteiger partial charge in [-0.1, -0.05) is 5.16 Å². The monoisotopic (exact) mass is 209 g/mol. The van der Waals surface area contributed by atoms with Crippen molar-refractivity contribution in [1.29, 1.82) is 0 Å². The van der Waals surface area contributed by atoms with Gasteiger partial charge in [0.05, 0.1) is 12.0 Å². The highest BCUT2D eigenvalue weighted by Gasteiger charge is 2.17. The zero-order chi connectivity index (χ0) is 10.8. The van der Waals surface area contributed by atoms with E-state index in [-0.39, 0.29) is 12.4 Å². The van der Waals surface area contributed by atoms with Crippen LogP contribution in [0.15, 0.2) is 22.7 Å². The summed E-state index contributed by atoms with van der Waals surface area (Å²) >= 11 is 0. The third-order valence-electron chi connectivity index (χ3n) is 1.90. The van der Waals surface area contributed by atoms with E-state index in [9.17, 15) is 9.18 Å². The second-order valence-corrected chi connectivity index (χ2v) is 2.89. The summed E-state index contributed by atoms with van der Waals surface area (Å²) in [5.41, 5.74) is 0.430. The largest absolute Gasteiger partial charge is 0.460 e. The standard InChI is InChI=1S/C10H8FNO3/c1-2-14-10(13)9-7-5-6(11)3-4-8(7)12-15-9/h3-5H,2H2,1H3. The molecule has 2 aromatic rings. The molecule has 1 aromatic heterocycles. The molecule has 0 fully saturated rings. The van der Waals surface area contributed by atoms with E-state index < -0.39 is 11.8 Å². The average molecular weight is 209 g/mol. The Morgan fingerprint density at radius 2 is 2.40 bits per heavy atom. The Morgan fingerprint density at radius 3 is 3.13 bits per heavy atom. The van der Waals surface area contributed by atoms with Crippen molar-refractivity contribution in [2.45, 2.75) is 6.92 Å². The molecule has 0 radical (unpaired) electrons. The number of halogens is 1. The molecule has 5 heteroatoms. The number of ether oxygens (including phenoxy) is 1. The summed E-state index contributed by atoms with van der Waals surface area (Å²) in [6.07, 6.45) is 0.